The molecule has 1 atom stereocenters. The fourth-order valence-corrected chi connectivity index (χ4v) is 5.42. The van der Waals surface area contributed by atoms with Crippen molar-refractivity contribution in [2.45, 2.75) is 58.9 Å². The van der Waals surface area contributed by atoms with E-state index >= 15 is 0 Å². The van der Waals surface area contributed by atoms with Gasteiger partial charge in [0.25, 0.3) is 11.8 Å². The van der Waals surface area contributed by atoms with Gasteiger partial charge in [-0.2, -0.15) is 0 Å². The molecule has 0 radical (unpaired) electrons. The molecule has 2 aromatic rings. The lowest BCUT2D eigenvalue weighted by atomic mass is 9.79. The molecule has 0 aliphatic carbocycles. The lowest BCUT2D eigenvalue weighted by molar-refractivity contribution is -0.122. The summed E-state index contributed by atoms with van der Waals surface area (Å²) in [5.41, 5.74) is 5.29. The standard InChI is InChI=1S/C27H31N3O2S/c1-6-18-8-11-20(12-9-18)30-25(32)22(24(31)28-26(30)33)15-19-10-13-23-21(14-19)17(3)16-27(4,5)29(23)7-2/h8-15,17H,6-7,16H2,1-5H3,(H,28,31,33)/b22-15+/t17-/m0/s1. The quantitative estimate of drug-likeness (QED) is 0.387. The Balaban J connectivity index is 1.70. The number of amides is 2. The summed E-state index contributed by atoms with van der Waals surface area (Å²) in [6.45, 7) is 12.0. The monoisotopic (exact) mass is 461 g/mol. The summed E-state index contributed by atoms with van der Waals surface area (Å²) in [4.78, 5) is 29.9. The molecular weight excluding hydrogens is 430 g/mol. The second-order valence-electron chi connectivity index (χ2n) is 9.46. The fourth-order valence-electron chi connectivity index (χ4n) is 5.14. The number of benzene rings is 2. The van der Waals surface area contributed by atoms with Crippen LogP contribution in [0.5, 0.6) is 0 Å². The van der Waals surface area contributed by atoms with Gasteiger partial charge in [0.2, 0.25) is 0 Å². The average molecular weight is 462 g/mol. The third-order valence-electron chi connectivity index (χ3n) is 6.74. The zero-order chi connectivity index (χ0) is 23.9. The first-order valence-electron chi connectivity index (χ1n) is 11.6. The van der Waals surface area contributed by atoms with E-state index in [0.29, 0.717) is 11.6 Å². The number of nitrogens with zero attached hydrogens (tertiary/aromatic N) is 2. The first-order valence-corrected chi connectivity index (χ1v) is 12.0. The molecule has 1 fully saturated rings. The number of thiocarbonyl (C=S) groups is 1. The third-order valence-corrected chi connectivity index (χ3v) is 7.03. The molecule has 0 saturated carbocycles. The highest BCUT2D eigenvalue weighted by Gasteiger charge is 2.36. The van der Waals surface area contributed by atoms with Gasteiger partial charge in [0, 0.05) is 17.8 Å². The van der Waals surface area contributed by atoms with Crippen LogP contribution in [-0.2, 0) is 16.0 Å². The summed E-state index contributed by atoms with van der Waals surface area (Å²) in [5, 5.41) is 2.78. The van der Waals surface area contributed by atoms with Crippen LogP contribution in [0.2, 0.25) is 0 Å². The van der Waals surface area contributed by atoms with Crippen molar-refractivity contribution in [2.24, 2.45) is 0 Å². The summed E-state index contributed by atoms with van der Waals surface area (Å²) in [6.07, 6.45) is 3.63. The van der Waals surface area contributed by atoms with Crippen molar-refractivity contribution >= 4 is 46.6 Å². The van der Waals surface area contributed by atoms with E-state index in [1.165, 1.54) is 21.7 Å². The molecule has 0 aromatic heterocycles. The zero-order valence-electron chi connectivity index (χ0n) is 19.9. The molecular formula is C27H31N3O2S. The molecule has 2 heterocycles. The minimum absolute atomic E-state index is 0.0826. The Labute approximate surface area is 201 Å². The van der Waals surface area contributed by atoms with Crippen molar-refractivity contribution in [3.8, 4) is 0 Å². The Hall–Kier alpha value is -2.99. The molecule has 2 aliphatic rings. The Kier molecular flexibility index (Phi) is 6.14. The minimum Gasteiger partial charge on any atom is -0.366 e. The van der Waals surface area contributed by atoms with Gasteiger partial charge in [0.05, 0.1) is 5.69 Å². The van der Waals surface area contributed by atoms with Crippen LogP contribution in [0.15, 0.2) is 48.0 Å². The number of carbonyl (C=O) groups is 2. The van der Waals surface area contributed by atoms with Crippen LogP contribution in [0.25, 0.3) is 6.08 Å². The molecule has 2 amide bonds. The topological polar surface area (TPSA) is 52.7 Å². The van der Waals surface area contributed by atoms with Gasteiger partial charge < -0.3 is 4.90 Å². The summed E-state index contributed by atoms with van der Waals surface area (Å²) in [7, 11) is 0. The summed E-state index contributed by atoms with van der Waals surface area (Å²) < 4.78 is 0. The number of hydrogen-bond acceptors (Lipinski definition) is 4. The number of fused-ring (bicyclic) bond motifs is 1. The van der Waals surface area contributed by atoms with E-state index in [0.717, 1.165) is 24.9 Å². The van der Waals surface area contributed by atoms with Crippen LogP contribution >= 0.6 is 12.2 Å². The molecule has 5 nitrogen and oxygen atoms in total. The van der Waals surface area contributed by atoms with E-state index in [1.807, 2.05) is 30.3 Å². The minimum atomic E-state index is -0.464. The Morgan fingerprint density at radius 2 is 1.82 bits per heavy atom. The highest BCUT2D eigenvalue weighted by atomic mass is 32.1. The summed E-state index contributed by atoms with van der Waals surface area (Å²) in [5.74, 6) is -0.489. The Morgan fingerprint density at radius 3 is 2.45 bits per heavy atom. The van der Waals surface area contributed by atoms with E-state index in [1.54, 1.807) is 6.08 Å². The van der Waals surface area contributed by atoms with Crippen LogP contribution < -0.4 is 15.1 Å². The van der Waals surface area contributed by atoms with Gasteiger partial charge in [-0.15, -0.1) is 0 Å². The van der Waals surface area contributed by atoms with Crippen molar-refractivity contribution in [3.05, 3.63) is 64.7 Å². The van der Waals surface area contributed by atoms with Crippen molar-refractivity contribution in [1.82, 2.24) is 5.32 Å². The van der Waals surface area contributed by atoms with E-state index in [9.17, 15) is 9.59 Å². The molecule has 33 heavy (non-hydrogen) atoms. The largest absolute Gasteiger partial charge is 0.366 e. The molecule has 4 rings (SSSR count). The summed E-state index contributed by atoms with van der Waals surface area (Å²) >= 11 is 5.33. The molecule has 0 spiro atoms. The third kappa shape index (κ3) is 4.20. The molecule has 6 heteroatoms. The highest BCUT2D eigenvalue weighted by Crippen LogP contribution is 2.43. The molecule has 0 bridgehead atoms. The van der Waals surface area contributed by atoms with Crippen molar-refractivity contribution < 1.29 is 9.59 Å². The number of rotatable bonds is 4. The Bertz CT molecular complexity index is 1150. The normalized spacial score (nSPS) is 21.3. The number of hydrogen-bond donors (Lipinski definition) is 1. The van der Waals surface area contributed by atoms with E-state index in [-0.39, 0.29) is 16.2 Å². The highest BCUT2D eigenvalue weighted by molar-refractivity contribution is 7.80. The van der Waals surface area contributed by atoms with Crippen LogP contribution in [0.3, 0.4) is 0 Å². The lowest BCUT2D eigenvalue weighted by Crippen LogP contribution is -2.54. The molecule has 2 aliphatic heterocycles. The number of aryl methyl sites for hydroxylation is 1. The van der Waals surface area contributed by atoms with Crippen LogP contribution in [-0.4, -0.2) is 29.0 Å². The SMILES string of the molecule is CCc1ccc(N2C(=O)/C(=C/c3ccc4c(c3)[C@@H](C)CC(C)(C)N4CC)C(=O)NC2=S)cc1. The van der Waals surface area contributed by atoms with E-state index in [4.69, 9.17) is 12.2 Å². The molecule has 1 N–H and O–H groups in total. The maximum atomic E-state index is 13.3. The van der Waals surface area contributed by atoms with Crippen LogP contribution in [0, 0.1) is 0 Å². The van der Waals surface area contributed by atoms with Gasteiger partial charge in [-0.3, -0.25) is 19.8 Å². The van der Waals surface area contributed by atoms with Gasteiger partial charge in [0.15, 0.2) is 5.11 Å². The van der Waals surface area contributed by atoms with Gasteiger partial charge in [-0.25, -0.2) is 0 Å². The number of carbonyl (C=O) groups excluding carboxylic acids is 2. The maximum Gasteiger partial charge on any atom is 0.270 e. The maximum absolute atomic E-state index is 13.3. The average Bonchev–Trinajstić information content (AvgIpc) is 2.77. The van der Waals surface area contributed by atoms with Crippen molar-refractivity contribution in [3.63, 3.8) is 0 Å². The van der Waals surface area contributed by atoms with Gasteiger partial charge in [0.1, 0.15) is 5.57 Å². The molecule has 1 saturated heterocycles. The smallest absolute Gasteiger partial charge is 0.270 e. The fraction of sp³-hybridized carbons (Fsp3) is 0.370. The summed E-state index contributed by atoms with van der Waals surface area (Å²) in [6, 6.07) is 13.9. The number of nitrogens with one attached hydrogen (secondary N) is 1. The first-order chi connectivity index (χ1) is 15.7. The molecule has 2 aromatic carbocycles. The molecule has 172 valence electrons. The lowest BCUT2D eigenvalue weighted by Gasteiger charge is -2.47. The second kappa shape index (κ2) is 8.75. The predicted octanol–water partition coefficient (Wildman–Crippen LogP) is 5.19. The van der Waals surface area contributed by atoms with Gasteiger partial charge in [-0.1, -0.05) is 32.0 Å². The van der Waals surface area contributed by atoms with Crippen LogP contribution in [0.1, 0.15) is 63.6 Å². The van der Waals surface area contributed by atoms with Gasteiger partial charge >= 0.3 is 0 Å². The number of anilines is 2. The predicted molar refractivity (Wildman–Crippen MR) is 139 cm³/mol. The van der Waals surface area contributed by atoms with Gasteiger partial charge in [-0.05, 0) is 98.8 Å². The zero-order valence-corrected chi connectivity index (χ0v) is 20.8. The molecule has 0 unspecified atom stereocenters. The van der Waals surface area contributed by atoms with Crippen molar-refractivity contribution in [1.29, 1.82) is 0 Å². The Morgan fingerprint density at radius 1 is 1.12 bits per heavy atom. The van der Waals surface area contributed by atoms with Crippen molar-refractivity contribution in [2.75, 3.05) is 16.3 Å². The second-order valence-corrected chi connectivity index (χ2v) is 9.84. The van der Waals surface area contributed by atoms with Crippen LogP contribution in [0.4, 0.5) is 11.4 Å². The van der Waals surface area contributed by atoms with E-state index < -0.39 is 11.8 Å². The van der Waals surface area contributed by atoms with E-state index in [2.05, 4.69) is 57.0 Å². The first kappa shape index (κ1) is 23.2.